The molecular weight excluding hydrogens is 346 g/mol. The molecule has 1 N–H and O–H groups in total. The molecule has 2 rings (SSSR count). The minimum Gasteiger partial charge on any atom is -0.550 e. The Morgan fingerprint density at radius 1 is 1.33 bits per heavy atom. The predicted octanol–water partition coefficient (Wildman–Crippen LogP) is -2.01. The summed E-state index contributed by atoms with van der Waals surface area (Å²) in [7, 11) is 0. The molecule has 0 amide bonds. The van der Waals surface area contributed by atoms with E-state index >= 15 is 0 Å². The number of nitrogens with one attached hydrogen (secondary N) is 1. The van der Waals surface area contributed by atoms with Crippen LogP contribution in [0.3, 0.4) is 0 Å². The molecule has 1 aliphatic heterocycles. The molecule has 24 heavy (non-hydrogen) atoms. The molecule has 1 saturated heterocycles. The number of carboxylic acids is 1. The number of ether oxygens (including phenoxy) is 1. The third-order valence-corrected chi connectivity index (χ3v) is 4.78. The Bertz CT molecular complexity index is 584. The maximum Gasteiger partial charge on any atom is 0.331 e. The quantitative estimate of drug-likeness (QED) is 0.298. The van der Waals surface area contributed by atoms with Gasteiger partial charge in [0.05, 0.1) is 12.4 Å². The van der Waals surface area contributed by atoms with Gasteiger partial charge in [-0.25, -0.2) is 0 Å². The number of rotatable bonds is 8. The van der Waals surface area contributed by atoms with Crippen LogP contribution in [0.4, 0.5) is 0 Å². The number of fused-ring (bicyclic) bond motifs is 2. The van der Waals surface area contributed by atoms with Crippen LogP contribution in [0.25, 0.3) is 0 Å². The molecule has 2 aliphatic rings. The van der Waals surface area contributed by atoms with E-state index in [1.165, 1.54) is 6.08 Å². The van der Waals surface area contributed by atoms with Gasteiger partial charge in [-0.2, -0.15) is 0 Å². The molecule has 10 nitrogen and oxygen atoms in total. The van der Waals surface area contributed by atoms with Crippen LogP contribution >= 0.6 is 11.6 Å². The molecule has 0 aromatic rings. The second kappa shape index (κ2) is 6.89. The maximum atomic E-state index is 11.8. The van der Waals surface area contributed by atoms with Crippen LogP contribution in [-0.2, 0) is 9.53 Å². The van der Waals surface area contributed by atoms with E-state index in [9.17, 15) is 30.1 Å². The molecule has 1 heterocycles. The molecule has 3 atom stereocenters. The van der Waals surface area contributed by atoms with Crippen LogP contribution in [-0.4, -0.2) is 59.0 Å². The van der Waals surface area contributed by atoms with Crippen LogP contribution in [0.15, 0.2) is 11.8 Å². The molecule has 2 bridgehead atoms. The van der Waals surface area contributed by atoms with E-state index in [0.29, 0.717) is 4.90 Å². The van der Waals surface area contributed by atoms with Crippen LogP contribution in [0, 0.1) is 20.2 Å². The monoisotopic (exact) mass is 363 g/mol. The summed E-state index contributed by atoms with van der Waals surface area (Å²) in [6.45, 7) is 0.0399. The Kier molecular flexibility index (Phi) is 5.29. The third-order valence-electron chi connectivity index (χ3n) is 4.62. The molecule has 0 radical (unpaired) electrons. The highest BCUT2D eigenvalue weighted by Crippen LogP contribution is 2.40. The predicted molar refractivity (Wildman–Crippen MR) is 78.6 cm³/mol. The number of nitro groups is 2. The number of nitrogens with zero attached hydrogens (tertiary/aromatic N) is 2. The standard InChI is InChI=1S/C13H18ClN3O7/c14-4-6-24-10-1-3-12(16(20)21)7-13(10,17(22)23)9-15(8-12)5-2-11(18)19/h1H,2-9H2,(H,18,19)/t12-,13+/m1/s1. The smallest absolute Gasteiger partial charge is 0.331 e. The molecule has 0 spiro atoms. The fourth-order valence-corrected chi connectivity index (χ4v) is 3.70. The summed E-state index contributed by atoms with van der Waals surface area (Å²) in [5.74, 6) is -1.08. The molecule has 0 saturated carbocycles. The first-order valence-corrected chi connectivity index (χ1v) is 8.01. The molecule has 1 unspecified atom stereocenters. The topological polar surface area (TPSA) is 140 Å². The SMILES string of the molecule is O=C([O-])CC[NH+]1C[C@@]2([N+](=O)[O-])CC=C(OCCCl)[C@@]([N+](=O)[O-])(C1)C2. The number of likely N-dealkylation sites (tertiary alicyclic amines) is 1. The zero-order chi connectivity index (χ0) is 18.0. The normalized spacial score (nSPS) is 31.9. The second-order valence-electron chi connectivity index (χ2n) is 6.23. The van der Waals surface area contributed by atoms with E-state index in [0.717, 1.165) is 0 Å². The number of piperidine rings is 1. The first-order valence-electron chi connectivity index (χ1n) is 7.47. The van der Waals surface area contributed by atoms with E-state index < -0.39 is 26.9 Å². The Balaban J connectivity index is 2.38. The van der Waals surface area contributed by atoms with Crippen LogP contribution in [0.1, 0.15) is 19.3 Å². The number of carbonyl (C=O) groups is 1. The molecule has 1 aliphatic carbocycles. The summed E-state index contributed by atoms with van der Waals surface area (Å²) in [4.78, 5) is 33.5. The van der Waals surface area contributed by atoms with Crippen molar-refractivity contribution in [3.05, 3.63) is 32.1 Å². The average molecular weight is 364 g/mol. The number of carboxylic acid groups (broad SMARTS) is 1. The van der Waals surface area contributed by atoms with Crippen molar-refractivity contribution in [2.45, 2.75) is 30.3 Å². The van der Waals surface area contributed by atoms with Gasteiger partial charge in [-0.3, -0.25) is 20.2 Å². The Hall–Kier alpha value is -1.94. The lowest BCUT2D eigenvalue weighted by molar-refractivity contribution is -0.943. The summed E-state index contributed by atoms with van der Waals surface area (Å²) >= 11 is 5.56. The number of carbonyl (C=O) groups excluding carboxylic acids is 1. The van der Waals surface area contributed by atoms with Crippen LogP contribution in [0.5, 0.6) is 0 Å². The highest BCUT2D eigenvalue weighted by atomic mass is 35.5. The summed E-state index contributed by atoms with van der Waals surface area (Å²) in [6, 6.07) is 0. The third kappa shape index (κ3) is 3.29. The summed E-state index contributed by atoms with van der Waals surface area (Å²) in [5.41, 5.74) is -3.24. The molecular formula is C13H18ClN3O7. The van der Waals surface area contributed by atoms with Crippen molar-refractivity contribution < 1.29 is 29.4 Å². The summed E-state index contributed by atoms with van der Waals surface area (Å²) in [5, 5.41) is 34.1. The van der Waals surface area contributed by atoms with Gasteiger partial charge >= 0.3 is 5.54 Å². The van der Waals surface area contributed by atoms with Gasteiger partial charge in [-0.15, -0.1) is 11.6 Å². The maximum absolute atomic E-state index is 11.8. The number of aliphatic carboxylic acids is 1. The van der Waals surface area contributed by atoms with Gasteiger partial charge < -0.3 is 19.5 Å². The van der Waals surface area contributed by atoms with Crippen molar-refractivity contribution in [2.24, 2.45) is 0 Å². The first-order chi connectivity index (χ1) is 11.3. The molecule has 0 aromatic heterocycles. The highest BCUT2D eigenvalue weighted by Gasteiger charge is 2.69. The lowest BCUT2D eigenvalue weighted by Crippen LogP contribution is -3.18. The Labute approximate surface area is 142 Å². The van der Waals surface area contributed by atoms with Crippen LogP contribution in [0.2, 0.25) is 0 Å². The minimum absolute atomic E-state index is 0.00201. The van der Waals surface area contributed by atoms with Crippen molar-refractivity contribution in [1.82, 2.24) is 0 Å². The molecule has 11 heteroatoms. The van der Waals surface area contributed by atoms with E-state index in [4.69, 9.17) is 16.3 Å². The van der Waals surface area contributed by atoms with Crippen molar-refractivity contribution in [3.63, 3.8) is 0 Å². The number of alkyl halides is 1. The highest BCUT2D eigenvalue weighted by molar-refractivity contribution is 6.17. The summed E-state index contributed by atoms with van der Waals surface area (Å²) in [6.07, 6.45) is 0.820. The van der Waals surface area contributed by atoms with Gasteiger partial charge in [0.15, 0.2) is 12.3 Å². The van der Waals surface area contributed by atoms with Gasteiger partial charge in [-0.1, -0.05) is 0 Å². The first kappa shape index (κ1) is 18.4. The van der Waals surface area contributed by atoms with Gasteiger partial charge in [-0.05, 0) is 6.08 Å². The lowest BCUT2D eigenvalue weighted by Gasteiger charge is -2.43. The fourth-order valence-electron chi connectivity index (χ4n) is 3.62. The zero-order valence-corrected chi connectivity index (χ0v) is 13.6. The van der Waals surface area contributed by atoms with E-state index in [-0.39, 0.29) is 57.1 Å². The Morgan fingerprint density at radius 3 is 2.58 bits per heavy atom. The number of quaternary nitrogens is 1. The van der Waals surface area contributed by atoms with Gasteiger partial charge in [0.1, 0.15) is 19.6 Å². The summed E-state index contributed by atoms with van der Waals surface area (Å²) < 4.78 is 5.40. The Morgan fingerprint density at radius 2 is 2.04 bits per heavy atom. The van der Waals surface area contributed by atoms with Crippen molar-refractivity contribution in [1.29, 1.82) is 0 Å². The van der Waals surface area contributed by atoms with Crippen molar-refractivity contribution in [3.8, 4) is 0 Å². The minimum atomic E-state index is -1.74. The largest absolute Gasteiger partial charge is 0.550 e. The van der Waals surface area contributed by atoms with E-state index in [1.54, 1.807) is 0 Å². The van der Waals surface area contributed by atoms with Crippen LogP contribution < -0.4 is 10.0 Å². The van der Waals surface area contributed by atoms with Crippen molar-refractivity contribution in [2.75, 3.05) is 32.1 Å². The molecule has 0 aromatic carbocycles. The molecule has 1 fully saturated rings. The lowest BCUT2D eigenvalue weighted by atomic mass is 9.71. The second-order valence-corrected chi connectivity index (χ2v) is 6.61. The zero-order valence-electron chi connectivity index (χ0n) is 12.9. The fraction of sp³-hybridized carbons (Fsp3) is 0.769. The van der Waals surface area contributed by atoms with Crippen molar-refractivity contribution >= 4 is 17.6 Å². The average Bonchev–Trinajstić information content (AvgIpc) is 2.51. The molecule has 134 valence electrons. The van der Waals surface area contributed by atoms with E-state index in [1.807, 2.05) is 0 Å². The van der Waals surface area contributed by atoms with Gasteiger partial charge in [0, 0.05) is 28.7 Å². The van der Waals surface area contributed by atoms with Gasteiger partial charge in [0.2, 0.25) is 0 Å². The van der Waals surface area contributed by atoms with Gasteiger partial charge in [0.25, 0.3) is 5.54 Å². The number of hydrogen-bond donors (Lipinski definition) is 1. The van der Waals surface area contributed by atoms with E-state index in [2.05, 4.69) is 0 Å². The number of hydrogen-bond acceptors (Lipinski definition) is 7. The number of halogens is 1.